The number of carbonyl (C=O) groups excluding carboxylic acids is 1. The van der Waals surface area contributed by atoms with E-state index in [1.807, 2.05) is 74.3 Å². The number of nitrogens with one attached hydrogen (secondary N) is 1. The lowest BCUT2D eigenvalue weighted by atomic mass is 10.1. The fourth-order valence-corrected chi connectivity index (χ4v) is 2.79. The molecule has 3 aromatic rings. The van der Waals surface area contributed by atoms with Gasteiger partial charge in [-0.1, -0.05) is 24.3 Å². The maximum absolute atomic E-state index is 12.6. The van der Waals surface area contributed by atoms with Crippen molar-refractivity contribution in [2.45, 2.75) is 13.8 Å². The van der Waals surface area contributed by atoms with E-state index < -0.39 is 0 Å². The highest BCUT2D eigenvalue weighted by Crippen LogP contribution is 2.23. The third kappa shape index (κ3) is 4.04. The van der Waals surface area contributed by atoms with E-state index in [1.165, 1.54) is 0 Å². The lowest BCUT2D eigenvalue weighted by Crippen LogP contribution is -2.15. The van der Waals surface area contributed by atoms with Gasteiger partial charge in [-0.05, 0) is 55.3 Å². The Morgan fingerprint density at radius 3 is 2.28 bits per heavy atom. The third-order valence-corrected chi connectivity index (χ3v) is 4.00. The number of hydrogen-bond acceptors (Lipinski definition) is 3. The summed E-state index contributed by atoms with van der Waals surface area (Å²) in [7, 11) is 1.96. The van der Waals surface area contributed by atoms with Crippen LogP contribution in [0.15, 0.2) is 67.0 Å². The van der Waals surface area contributed by atoms with Gasteiger partial charge in [-0.15, -0.1) is 0 Å². The molecule has 0 saturated carbocycles. The van der Waals surface area contributed by atoms with Gasteiger partial charge in [0.05, 0.1) is 17.4 Å². The molecule has 0 saturated heterocycles. The number of nitrogens with zero attached hydrogens (tertiary/aromatic N) is 2. The van der Waals surface area contributed by atoms with E-state index in [0.717, 1.165) is 28.2 Å². The molecule has 4 heteroatoms. The van der Waals surface area contributed by atoms with Crippen LogP contribution in [-0.2, 0) is 0 Å². The monoisotopic (exact) mass is 331 g/mol. The lowest BCUT2D eigenvalue weighted by molar-refractivity contribution is 0.102. The first kappa shape index (κ1) is 16.7. The van der Waals surface area contributed by atoms with Crippen LogP contribution in [0, 0.1) is 13.8 Å². The zero-order valence-electron chi connectivity index (χ0n) is 14.7. The quantitative estimate of drug-likeness (QED) is 0.752. The van der Waals surface area contributed by atoms with Crippen LogP contribution in [-0.4, -0.2) is 17.9 Å². The standard InChI is InChI=1S/C21H21N3O/c1-15-9-16(2)11-18(10-15)23-21(25)17-12-20(14-22-13-17)24(3)19-7-5-4-6-8-19/h4-14H,1-3H3,(H,23,25). The van der Waals surface area contributed by atoms with Crippen LogP contribution in [0.4, 0.5) is 17.1 Å². The van der Waals surface area contributed by atoms with Gasteiger partial charge in [-0.25, -0.2) is 0 Å². The number of para-hydroxylation sites is 1. The fourth-order valence-electron chi connectivity index (χ4n) is 2.79. The number of amides is 1. The molecule has 0 radical (unpaired) electrons. The second-order valence-corrected chi connectivity index (χ2v) is 6.16. The zero-order chi connectivity index (χ0) is 17.8. The minimum absolute atomic E-state index is 0.166. The van der Waals surface area contributed by atoms with Crippen molar-refractivity contribution < 1.29 is 4.79 Å². The predicted octanol–water partition coefficient (Wildman–Crippen LogP) is 4.72. The number of pyridine rings is 1. The van der Waals surface area contributed by atoms with E-state index in [-0.39, 0.29) is 5.91 Å². The first-order valence-electron chi connectivity index (χ1n) is 8.16. The minimum atomic E-state index is -0.166. The second-order valence-electron chi connectivity index (χ2n) is 6.16. The Labute approximate surface area is 148 Å². The van der Waals surface area contributed by atoms with Gasteiger partial charge in [-0.2, -0.15) is 0 Å². The number of aromatic nitrogens is 1. The fraction of sp³-hybridized carbons (Fsp3) is 0.143. The Kier molecular flexibility index (Phi) is 4.80. The topological polar surface area (TPSA) is 45.2 Å². The van der Waals surface area contributed by atoms with Gasteiger partial charge in [0.15, 0.2) is 0 Å². The summed E-state index contributed by atoms with van der Waals surface area (Å²) in [4.78, 5) is 18.8. The highest BCUT2D eigenvalue weighted by atomic mass is 16.1. The molecule has 1 heterocycles. The molecule has 0 aliphatic rings. The molecule has 126 valence electrons. The highest BCUT2D eigenvalue weighted by Gasteiger charge is 2.11. The Morgan fingerprint density at radius 1 is 0.920 bits per heavy atom. The number of rotatable bonds is 4. The molecule has 0 atom stereocenters. The normalized spacial score (nSPS) is 10.4. The maximum Gasteiger partial charge on any atom is 0.257 e. The molecule has 0 unspecified atom stereocenters. The molecule has 4 nitrogen and oxygen atoms in total. The summed E-state index contributed by atoms with van der Waals surface area (Å²) < 4.78 is 0. The number of aryl methyl sites for hydroxylation is 2. The largest absolute Gasteiger partial charge is 0.343 e. The lowest BCUT2D eigenvalue weighted by Gasteiger charge is -2.19. The van der Waals surface area contributed by atoms with Gasteiger partial charge in [-0.3, -0.25) is 9.78 Å². The molecule has 25 heavy (non-hydrogen) atoms. The molecule has 1 N–H and O–H groups in total. The van der Waals surface area contributed by atoms with Crippen LogP contribution in [0.5, 0.6) is 0 Å². The molecule has 2 aromatic carbocycles. The molecule has 0 bridgehead atoms. The molecule has 0 fully saturated rings. The molecule has 0 aliphatic heterocycles. The zero-order valence-corrected chi connectivity index (χ0v) is 14.7. The summed E-state index contributed by atoms with van der Waals surface area (Å²) in [6.07, 6.45) is 3.33. The Hall–Kier alpha value is -3.14. The van der Waals surface area contributed by atoms with Crippen molar-refractivity contribution in [2.75, 3.05) is 17.3 Å². The van der Waals surface area contributed by atoms with E-state index in [9.17, 15) is 4.79 Å². The Balaban J connectivity index is 1.82. The van der Waals surface area contributed by atoms with E-state index in [4.69, 9.17) is 0 Å². The average Bonchev–Trinajstić information content (AvgIpc) is 2.61. The first-order valence-corrected chi connectivity index (χ1v) is 8.16. The number of benzene rings is 2. The van der Waals surface area contributed by atoms with Gasteiger partial charge in [0.25, 0.3) is 5.91 Å². The molecule has 0 aliphatic carbocycles. The van der Waals surface area contributed by atoms with Crippen LogP contribution in [0.1, 0.15) is 21.5 Å². The molecule has 1 aromatic heterocycles. The van der Waals surface area contributed by atoms with Crippen molar-refractivity contribution in [3.05, 3.63) is 83.7 Å². The maximum atomic E-state index is 12.6. The number of hydrogen-bond donors (Lipinski definition) is 1. The molecule has 0 spiro atoms. The third-order valence-electron chi connectivity index (χ3n) is 4.00. The van der Waals surface area contributed by atoms with Gasteiger partial charge < -0.3 is 10.2 Å². The van der Waals surface area contributed by atoms with E-state index in [0.29, 0.717) is 5.56 Å². The molecular formula is C21H21N3O. The van der Waals surface area contributed by atoms with Crippen molar-refractivity contribution >= 4 is 23.0 Å². The Morgan fingerprint density at radius 2 is 1.60 bits per heavy atom. The molecule has 3 rings (SSSR count). The smallest absolute Gasteiger partial charge is 0.257 e. The van der Waals surface area contributed by atoms with Crippen molar-refractivity contribution in [1.29, 1.82) is 0 Å². The summed E-state index contributed by atoms with van der Waals surface area (Å²) in [6.45, 7) is 4.03. The summed E-state index contributed by atoms with van der Waals surface area (Å²) in [5.41, 5.74) is 5.45. The SMILES string of the molecule is Cc1cc(C)cc(NC(=O)c2cncc(N(C)c3ccccc3)c2)c1. The van der Waals surface area contributed by atoms with Crippen molar-refractivity contribution in [1.82, 2.24) is 4.98 Å². The number of carbonyl (C=O) groups is 1. The summed E-state index contributed by atoms with van der Waals surface area (Å²) in [6, 6.07) is 17.8. The van der Waals surface area contributed by atoms with E-state index in [1.54, 1.807) is 12.4 Å². The molecule has 1 amide bonds. The summed E-state index contributed by atoms with van der Waals surface area (Å²) >= 11 is 0. The average molecular weight is 331 g/mol. The summed E-state index contributed by atoms with van der Waals surface area (Å²) in [5.74, 6) is -0.166. The summed E-state index contributed by atoms with van der Waals surface area (Å²) in [5, 5.41) is 2.95. The Bertz CT molecular complexity index is 870. The van der Waals surface area contributed by atoms with Gasteiger partial charge in [0.1, 0.15) is 0 Å². The van der Waals surface area contributed by atoms with E-state index >= 15 is 0 Å². The van der Waals surface area contributed by atoms with Crippen molar-refractivity contribution in [2.24, 2.45) is 0 Å². The minimum Gasteiger partial charge on any atom is -0.343 e. The first-order chi connectivity index (χ1) is 12.0. The second kappa shape index (κ2) is 7.18. The van der Waals surface area contributed by atoms with Gasteiger partial charge in [0.2, 0.25) is 0 Å². The van der Waals surface area contributed by atoms with Gasteiger partial charge >= 0.3 is 0 Å². The van der Waals surface area contributed by atoms with Crippen LogP contribution in [0.25, 0.3) is 0 Å². The predicted molar refractivity (Wildman–Crippen MR) is 103 cm³/mol. The van der Waals surface area contributed by atoms with Crippen molar-refractivity contribution in [3.8, 4) is 0 Å². The number of anilines is 3. The highest BCUT2D eigenvalue weighted by molar-refractivity contribution is 6.04. The van der Waals surface area contributed by atoms with Crippen LogP contribution >= 0.6 is 0 Å². The van der Waals surface area contributed by atoms with Crippen LogP contribution < -0.4 is 10.2 Å². The molecular weight excluding hydrogens is 310 g/mol. The van der Waals surface area contributed by atoms with Crippen LogP contribution in [0.3, 0.4) is 0 Å². The van der Waals surface area contributed by atoms with Crippen molar-refractivity contribution in [3.63, 3.8) is 0 Å². The van der Waals surface area contributed by atoms with E-state index in [2.05, 4.69) is 16.4 Å². The van der Waals surface area contributed by atoms with Gasteiger partial charge in [0, 0.05) is 24.6 Å². The van der Waals surface area contributed by atoms with Crippen LogP contribution in [0.2, 0.25) is 0 Å².